The molecule has 2 aromatic rings. The number of carboxylic acids is 1. The van der Waals surface area contributed by atoms with E-state index in [1.807, 2.05) is 0 Å². The molecular weight excluding hydrogens is 265 g/mol. The molecule has 19 heavy (non-hydrogen) atoms. The average molecular weight is 272 g/mol. The number of phenolic OH excluding ortho intramolecular Hbond substituents is 1. The fraction of sp³-hybridized carbons (Fsp3) is 0.0909. The first-order valence-corrected chi connectivity index (χ1v) is 4.99. The van der Waals surface area contributed by atoms with Crippen molar-refractivity contribution in [3.63, 3.8) is 0 Å². The van der Waals surface area contributed by atoms with Gasteiger partial charge in [0.1, 0.15) is 11.4 Å². The Bertz CT molecular complexity index is 617. The molecule has 100 valence electrons. The van der Waals surface area contributed by atoms with E-state index >= 15 is 0 Å². The molecule has 2 N–H and O–H groups in total. The molecule has 0 bridgehead atoms. The van der Waals surface area contributed by atoms with Gasteiger partial charge in [-0.1, -0.05) is 0 Å². The van der Waals surface area contributed by atoms with Gasteiger partial charge >= 0.3 is 12.1 Å². The third-order valence-electron chi connectivity index (χ3n) is 2.31. The molecule has 0 radical (unpaired) electrons. The lowest BCUT2D eigenvalue weighted by Crippen LogP contribution is -2.13. The zero-order valence-electron chi connectivity index (χ0n) is 9.22. The SMILES string of the molecule is O=C(O)c1cc(C(F)(F)F)n(-c2ccc(O)cc2)n1. The zero-order chi connectivity index (χ0) is 14.2. The molecule has 1 heterocycles. The summed E-state index contributed by atoms with van der Waals surface area (Å²) in [6.07, 6.45) is -4.74. The number of hydrogen-bond acceptors (Lipinski definition) is 3. The van der Waals surface area contributed by atoms with E-state index in [9.17, 15) is 18.0 Å². The Morgan fingerprint density at radius 1 is 1.21 bits per heavy atom. The van der Waals surface area contributed by atoms with Crippen LogP contribution in [0.5, 0.6) is 5.75 Å². The van der Waals surface area contributed by atoms with Crippen LogP contribution in [-0.2, 0) is 6.18 Å². The number of carboxylic acid groups (broad SMARTS) is 1. The maximum Gasteiger partial charge on any atom is 0.433 e. The van der Waals surface area contributed by atoms with Crippen molar-refractivity contribution in [3.05, 3.63) is 41.7 Å². The molecule has 8 heteroatoms. The number of aromatic carboxylic acids is 1. The van der Waals surface area contributed by atoms with Crippen molar-refractivity contribution < 1.29 is 28.2 Å². The lowest BCUT2D eigenvalue weighted by molar-refractivity contribution is -0.142. The first-order chi connectivity index (χ1) is 8.79. The Hall–Kier alpha value is -2.51. The molecule has 1 aromatic heterocycles. The van der Waals surface area contributed by atoms with Crippen LogP contribution in [0.1, 0.15) is 16.2 Å². The van der Waals surface area contributed by atoms with Crippen LogP contribution in [0.2, 0.25) is 0 Å². The molecule has 0 atom stereocenters. The van der Waals surface area contributed by atoms with Crippen LogP contribution >= 0.6 is 0 Å². The number of rotatable bonds is 2. The zero-order valence-corrected chi connectivity index (χ0v) is 9.22. The van der Waals surface area contributed by atoms with Crippen LogP contribution in [0.25, 0.3) is 5.69 Å². The Morgan fingerprint density at radius 3 is 2.26 bits per heavy atom. The molecule has 0 spiro atoms. The van der Waals surface area contributed by atoms with Crippen molar-refractivity contribution in [2.24, 2.45) is 0 Å². The summed E-state index contributed by atoms with van der Waals surface area (Å²) in [4.78, 5) is 10.7. The molecule has 2 rings (SSSR count). The van der Waals surface area contributed by atoms with E-state index in [4.69, 9.17) is 10.2 Å². The van der Waals surface area contributed by atoms with Gasteiger partial charge in [0.2, 0.25) is 0 Å². The number of nitrogens with zero attached hydrogens (tertiary/aromatic N) is 2. The molecule has 0 saturated carbocycles. The van der Waals surface area contributed by atoms with Crippen molar-refractivity contribution in [2.45, 2.75) is 6.18 Å². The summed E-state index contributed by atoms with van der Waals surface area (Å²) in [6.45, 7) is 0. The highest BCUT2D eigenvalue weighted by Crippen LogP contribution is 2.31. The first kappa shape index (κ1) is 12.9. The predicted octanol–water partition coefficient (Wildman–Crippen LogP) is 2.29. The van der Waals surface area contributed by atoms with Gasteiger partial charge in [-0.25, -0.2) is 9.48 Å². The van der Waals surface area contributed by atoms with E-state index in [0.717, 1.165) is 0 Å². The second-order valence-corrected chi connectivity index (χ2v) is 3.65. The summed E-state index contributed by atoms with van der Waals surface area (Å²) in [7, 11) is 0. The Labute approximate surface area is 104 Å². The number of aromatic nitrogens is 2. The Morgan fingerprint density at radius 2 is 1.79 bits per heavy atom. The second kappa shape index (κ2) is 4.30. The van der Waals surface area contributed by atoms with E-state index in [1.54, 1.807) is 0 Å². The van der Waals surface area contributed by atoms with Crippen molar-refractivity contribution >= 4 is 5.97 Å². The van der Waals surface area contributed by atoms with Crippen molar-refractivity contribution in [1.29, 1.82) is 0 Å². The molecule has 0 unspecified atom stereocenters. The Balaban J connectivity index is 2.61. The molecule has 0 saturated heterocycles. The summed E-state index contributed by atoms with van der Waals surface area (Å²) in [5, 5.41) is 21.2. The van der Waals surface area contributed by atoms with Gasteiger partial charge in [0.25, 0.3) is 0 Å². The third kappa shape index (κ3) is 2.51. The summed E-state index contributed by atoms with van der Waals surface area (Å²) >= 11 is 0. The van der Waals surface area contributed by atoms with Crippen LogP contribution in [0, 0.1) is 0 Å². The number of alkyl halides is 3. The van der Waals surface area contributed by atoms with Gasteiger partial charge in [-0.3, -0.25) is 0 Å². The smallest absolute Gasteiger partial charge is 0.433 e. The van der Waals surface area contributed by atoms with Crippen molar-refractivity contribution in [2.75, 3.05) is 0 Å². The van der Waals surface area contributed by atoms with Gasteiger partial charge in [-0.2, -0.15) is 18.3 Å². The highest BCUT2D eigenvalue weighted by atomic mass is 19.4. The maximum absolute atomic E-state index is 12.8. The molecule has 0 aliphatic heterocycles. The van der Waals surface area contributed by atoms with Gasteiger partial charge in [-0.15, -0.1) is 0 Å². The van der Waals surface area contributed by atoms with Gasteiger partial charge < -0.3 is 10.2 Å². The second-order valence-electron chi connectivity index (χ2n) is 3.65. The summed E-state index contributed by atoms with van der Waals surface area (Å²) < 4.78 is 38.8. The lowest BCUT2D eigenvalue weighted by Gasteiger charge is -2.09. The quantitative estimate of drug-likeness (QED) is 0.879. The number of carbonyl (C=O) groups is 1. The number of benzene rings is 1. The first-order valence-electron chi connectivity index (χ1n) is 4.99. The largest absolute Gasteiger partial charge is 0.508 e. The summed E-state index contributed by atoms with van der Waals surface area (Å²) in [5.41, 5.74) is -1.91. The monoisotopic (exact) mass is 272 g/mol. The van der Waals surface area contributed by atoms with E-state index in [-0.39, 0.29) is 11.4 Å². The number of halogens is 3. The molecule has 0 aliphatic carbocycles. The van der Waals surface area contributed by atoms with Crippen LogP contribution in [-0.4, -0.2) is 26.0 Å². The highest BCUT2D eigenvalue weighted by Gasteiger charge is 2.37. The van der Waals surface area contributed by atoms with E-state index < -0.39 is 23.5 Å². The van der Waals surface area contributed by atoms with Crippen LogP contribution in [0.4, 0.5) is 13.2 Å². The Kier molecular flexibility index (Phi) is 2.93. The van der Waals surface area contributed by atoms with Crippen molar-refractivity contribution in [3.8, 4) is 11.4 Å². The maximum atomic E-state index is 12.8. The van der Waals surface area contributed by atoms with Gasteiger partial charge in [0.15, 0.2) is 5.69 Å². The molecule has 0 fully saturated rings. The van der Waals surface area contributed by atoms with E-state index in [2.05, 4.69) is 5.10 Å². The minimum Gasteiger partial charge on any atom is -0.508 e. The normalized spacial score (nSPS) is 11.5. The third-order valence-corrected chi connectivity index (χ3v) is 2.31. The number of hydrogen-bond donors (Lipinski definition) is 2. The minimum atomic E-state index is -4.74. The minimum absolute atomic E-state index is 0.00220. The fourth-order valence-electron chi connectivity index (χ4n) is 1.48. The lowest BCUT2D eigenvalue weighted by atomic mass is 10.3. The molecule has 5 nitrogen and oxygen atoms in total. The molecule has 0 aliphatic rings. The summed E-state index contributed by atoms with van der Waals surface area (Å²) in [6, 6.07) is 5.21. The fourth-order valence-corrected chi connectivity index (χ4v) is 1.48. The number of phenols is 1. The van der Waals surface area contributed by atoms with Gasteiger partial charge in [0, 0.05) is 6.07 Å². The number of aromatic hydroxyl groups is 1. The topological polar surface area (TPSA) is 75.3 Å². The van der Waals surface area contributed by atoms with Crippen LogP contribution in [0.3, 0.4) is 0 Å². The van der Waals surface area contributed by atoms with Gasteiger partial charge in [-0.05, 0) is 24.3 Å². The summed E-state index contributed by atoms with van der Waals surface area (Å²) in [5.74, 6) is -1.68. The van der Waals surface area contributed by atoms with E-state index in [0.29, 0.717) is 10.7 Å². The molecule has 0 amide bonds. The average Bonchev–Trinajstić information content (AvgIpc) is 2.74. The van der Waals surface area contributed by atoms with Crippen molar-refractivity contribution in [1.82, 2.24) is 9.78 Å². The standard InChI is InChI=1S/C11H7F3N2O3/c12-11(13,14)9-5-8(10(18)19)15-16(9)6-1-3-7(17)4-2-6/h1-5,17H,(H,18,19). The van der Waals surface area contributed by atoms with Crippen LogP contribution < -0.4 is 0 Å². The van der Waals surface area contributed by atoms with E-state index in [1.165, 1.54) is 24.3 Å². The van der Waals surface area contributed by atoms with Gasteiger partial charge in [0.05, 0.1) is 5.69 Å². The van der Waals surface area contributed by atoms with Crippen LogP contribution in [0.15, 0.2) is 30.3 Å². The highest BCUT2D eigenvalue weighted by molar-refractivity contribution is 5.85. The predicted molar refractivity (Wildman–Crippen MR) is 57.2 cm³/mol. The molecular formula is C11H7F3N2O3. The molecule has 1 aromatic carbocycles.